The number of halogens is 1. The third-order valence-electron chi connectivity index (χ3n) is 4.63. The molecule has 0 saturated heterocycles. The lowest BCUT2D eigenvalue weighted by atomic mass is 10.1. The highest BCUT2D eigenvalue weighted by molar-refractivity contribution is 9.10. The Morgan fingerprint density at radius 2 is 1.91 bits per heavy atom. The lowest BCUT2D eigenvalue weighted by Gasteiger charge is -2.27. The fourth-order valence-corrected chi connectivity index (χ4v) is 3.64. The second-order valence-corrected chi connectivity index (χ2v) is 9.44. The first-order valence-corrected chi connectivity index (χ1v) is 11.0. The standard InChI is InChI=1S/C23H27BrN4O4/c1-23(2,3)27-20(29)13-28-19-10-9-16(24)11-17(19)25-12-18(21(28)30)26-22(31)32-14-15-7-5-4-6-8-15/h4-11,18,25H,12-14H2,1-3H3,(H,26,31)(H,27,29)/t18-/m0/s1. The number of nitrogens with zero attached hydrogens (tertiary/aromatic N) is 1. The number of rotatable bonds is 5. The number of fused-ring (bicyclic) bond motifs is 1. The van der Waals surface area contributed by atoms with Gasteiger partial charge >= 0.3 is 6.09 Å². The van der Waals surface area contributed by atoms with Crippen molar-refractivity contribution >= 4 is 45.2 Å². The van der Waals surface area contributed by atoms with Crippen LogP contribution in [0, 0.1) is 0 Å². The number of carbonyl (C=O) groups is 3. The lowest BCUT2D eigenvalue weighted by molar-refractivity contribution is -0.125. The number of anilines is 2. The van der Waals surface area contributed by atoms with Gasteiger partial charge in [0.25, 0.3) is 5.91 Å². The molecule has 0 aromatic heterocycles. The molecule has 0 radical (unpaired) electrons. The maximum Gasteiger partial charge on any atom is 0.408 e. The van der Waals surface area contributed by atoms with Crippen molar-refractivity contribution in [2.75, 3.05) is 23.3 Å². The average Bonchev–Trinajstić information content (AvgIpc) is 2.84. The van der Waals surface area contributed by atoms with Crippen LogP contribution in [0.4, 0.5) is 16.2 Å². The monoisotopic (exact) mass is 502 g/mol. The van der Waals surface area contributed by atoms with Crippen molar-refractivity contribution in [3.63, 3.8) is 0 Å². The summed E-state index contributed by atoms with van der Waals surface area (Å²) in [4.78, 5) is 39.7. The number of alkyl carbamates (subject to hydrolysis) is 1. The lowest BCUT2D eigenvalue weighted by Crippen LogP contribution is -2.54. The van der Waals surface area contributed by atoms with E-state index in [0.717, 1.165) is 10.0 Å². The number of hydrogen-bond donors (Lipinski definition) is 3. The molecule has 170 valence electrons. The summed E-state index contributed by atoms with van der Waals surface area (Å²) >= 11 is 3.43. The van der Waals surface area contributed by atoms with Gasteiger partial charge in [-0.2, -0.15) is 0 Å². The zero-order valence-corrected chi connectivity index (χ0v) is 19.9. The van der Waals surface area contributed by atoms with Gasteiger partial charge in [-0.15, -0.1) is 0 Å². The molecule has 1 aliphatic rings. The van der Waals surface area contributed by atoms with E-state index in [1.807, 2.05) is 57.2 Å². The van der Waals surface area contributed by atoms with Crippen LogP contribution in [0.3, 0.4) is 0 Å². The van der Waals surface area contributed by atoms with Crippen molar-refractivity contribution in [2.24, 2.45) is 0 Å². The molecule has 2 aromatic rings. The zero-order chi connectivity index (χ0) is 23.3. The van der Waals surface area contributed by atoms with E-state index in [1.165, 1.54) is 4.90 Å². The van der Waals surface area contributed by atoms with Gasteiger partial charge in [0.1, 0.15) is 19.2 Å². The fourth-order valence-electron chi connectivity index (χ4n) is 3.28. The van der Waals surface area contributed by atoms with E-state index in [2.05, 4.69) is 31.9 Å². The van der Waals surface area contributed by atoms with E-state index in [-0.39, 0.29) is 25.6 Å². The van der Waals surface area contributed by atoms with Crippen LogP contribution >= 0.6 is 15.9 Å². The Bertz CT molecular complexity index is 991. The van der Waals surface area contributed by atoms with Crippen LogP contribution in [0.15, 0.2) is 53.0 Å². The molecule has 0 aliphatic carbocycles. The zero-order valence-electron chi connectivity index (χ0n) is 18.3. The Labute approximate surface area is 195 Å². The summed E-state index contributed by atoms with van der Waals surface area (Å²) in [7, 11) is 0. The highest BCUT2D eigenvalue weighted by Crippen LogP contribution is 2.31. The summed E-state index contributed by atoms with van der Waals surface area (Å²) in [6.45, 7) is 5.67. The molecule has 0 unspecified atom stereocenters. The summed E-state index contributed by atoms with van der Waals surface area (Å²) in [6, 6.07) is 13.7. The molecule has 1 aliphatic heterocycles. The topological polar surface area (TPSA) is 99.8 Å². The van der Waals surface area contributed by atoms with Crippen molar-refractivity contribution in [1.82, 2.24) is 10.6 Å². The molecule has 0 fully saturated rings. The van der Waals surface area contributed by atoms with E-state index in [1.54, 1.807) is 12.1 Å². The predicted molar refractivity (Wildman–Crippen MR) is 126 cm³/mol. The van der Waals surface area contributed by atoms with E-state index >= 15 is 0 Å². The second-order valence-electron chi connectivity index (χ2n) is 8.52. The minimum atomic E-state index is -0.910. The van der Waals surface area contributed by atoms with Crippen molar-refractivity contribution in [3.8, 4) is 0 Å². The molecular weight excluding hydrogens is 476 g/mol. The number of amides is 3. The number of carbonyl (C=O) groups excluding carboxylic acids is 3. The van der Waals surface area contributed by atoms with Gasteiger partial charge in [0.15, 0.2) is 0 Å². The molecule has 0 bridgehead atoms. The minimum Gasteiger partial charge on any atom is -0.445 e. The number of nitrogens with one attached hydrogen (secondary N) is 3. The number of benzene rings is 2. The van der Waals surface area contributed by atoms with Crippen LogP contribution in [0.1, 0.15) is 26.3 Å². The van der Waals surface area contributed by atoms with Crippen LogP contribution in [0.5, 0.6) is 0 Å². The highest BCUT2D eigenvalue weighted by atomic mass is 79.9. The summed E-state index contributed by atoms with van der Waals surface area (Å²) in [6.07, 6.45) is -0.708. The Kier molecular flexibility index (Phi) is 7.40. The van der Waals surface area contributed by atoms with Crippen molar-refractivity contribution in [2.45, 2.75) is 39.0 Å². The molecule has 32 heavy (non-hydrogen) atoms. The van der Waals surface area contributed by atoms with Gasteiger partial charge < -0.3 is 20.7 Å². The van der Waals surface area contributed by atoms with Crippen molar-refractivity contribution in [3.05, 3.63) is 58.6 Å². The molecule has 0 spiro atoms. The van der Waals surface area contributed by atoms with Crippen molar-refractivity contribution in [1.29, 1.82) is 0 Å². The summed E-state index contributed by atoms with van der Waals surface area (Å²) in [5.74, 6) is -0.702. The molecule has 3 N–H and O–H groups in total. The smallest absolute Gasteiger partial charge is 0.408 e. The van der Waals surface area contributed by atoms with Gasteiger partial charge in [-0.25, -0.2) is 4.79 Å². The van der Waals surface area contributed by atoms with Crippen LogP contribution in [0.25, 0.3) is 0 Å². The molecule has 3 amide bonds. The van der Waals surface area contributed by atoms with Crippen LogP contribution in [-0.2, 0) is 20.9 Å². The average molecular weight is 503 g/mol. The maximum absolute atomic E-state index is 13.3. The minimum absolute atomic E-state index is 0.0892. The number of ether oxygens (including phenoxy) is 1. The largest absolute Gasteiger partial charge is 0.445 e. The Morgan fingerprint density at radius 1 is 1.19 bits per heavy atom. The van der Waals surface area contributed by atoms with E-state index < -0.39 is 23.6 Å². The summed E-state index contributed by atoms with van der Waals surface area (Å²) < 4.78 is 6.09. The van der Waals surface area contributed by atoms with Crippen LogP contribution in [0.2, 0.25) is 0 Å². The van der Waals surface area contributed by atoms with Crippen LogP contribution in [-0.4, -0.2) is 42.6 Å². The van der Waals surface area contributed by atoms with Gasteiger partial charge in [0.05, 0.1) is 11.4 Å². The van der Waals surface area contributed by atoms with E-state index in [9.17, 15) is 14.4 Å². The first kappa shape index (κ1) is 23.6. The molecule has 0 saturated carbocycles. The number of hydrogen-bond acceptors (Lipinski definition) is 5. The van der Waals surface area contributed by atoms with E-state index in [0.29, 0.717) is 11.4 Å². The SMILES string of the molecule is CC(C)(C)NC(=O)CN1C(=O)[C@@H](NC(=O)OCc2ccccc2)CNc2cc(Br)ccc21. The normalized spacial score (nSPS) is 15.8. The second kappa shape index (κ2) is 10.0. The quantitative estimate of drug-likeness (QED) is 0.581. The Hall–Kier alpha value is -3.07. The van der Waals surface area contributed by atoms with Gasteiger partial charge in [-0.1, -0.05) is 46.3 Å². The molecule has 1 atom stereocenters. The summed E-state index contributed by atoms with van der Waals surface area (Å²) in [5.41, 5.74) is 1.64. The first-order valence-electron chi connectivity index (χ1n) is 10.3. The Balaban J connectivity index is 1.75. The molecule has 1 heterocycles. The first-order chi connectivity index (χ1) is 15.1. The van der Waals surface area contributed by atoms with Gasteiger partial charge in [-0.3, -0.25) is 14.5 Å². The van der Waals surface area contributed by atoms with Gasteiger partial charge in [0, 0.05) is 16.6 Å². The third kappa shape index (κ3) is 6.46. The summed E-state index contributed by atoms with van der Waals surface area (Å²) in [5, 5.41) is 8.67. The fraction of sp³-hybridized carbons (Fsp3) is 0.348. The van der Waals surface area contributed by atoms with E-state index in [4.69, 9.17) is 4.74 Å². The van der Waals surface area contributed by atoms with Gasteiger partial charge in [-0.05, 0) is 44.5 Å². The highest BCUT2D eigenvalue weighted by Gasteiger charge is 2.33. The molecular formula is C23H27BrN4O4. The predicted octanol–water partition coefficient (Wildman–Crippen LogP) is 3.42. The maximum atomic E-state index is 13.3. The Morgan fingerprint density at radius 3 is 2.59 bits per heavy atom. The van der Waals surface area contributed by atoms with Gasteiger partial charge in [0.2, 0.25) is 5.91 Å². The molecule has 2 aromatic carbocycles. The molecule has 8 nitrogen and oxygen atoms in total. The molecule has 9 heteroatoms. The van der Waals surface area contributed by atoms with Crippen molar-refractivity contribution < 1.29 is 19.1 Å². The van der Waals surface area contributed by atoms with Crippen LogP contribution < -0.4 is 20.9 Å². The third-order valence-corrected chi connectivity index (χ3v) is 5.12. The molecule has 3 rings (SSSR count).